The smallest absolute Gasteiger partial charge is 0.289 e. The molecule has 0 saturated carbocycles. The highest BCUT2D eigenvalue weighted by Crippen LogP contribution is 2.32. The van der Waals surface area contributed by atoms with E-state index in [0.29, 0.717) is 34.6 Å². The Balaban J connectivity index is 1.31. The highest BCUT2D eigenvalue weighted by molar-refractivity contribution is 9.11. The summed E-state index contributed by atoms with van der Waals surface area (Å²) in [6, 6.07) is 14.6. The lowest BCUT2D eigenvalue weighted by atomic mass is 10.2. The summed E-state index contributed by atoms with van der Waals surface area (Å²) in [5.41, 5.74) is 2.13. The quantitative estimate of drug-likeness (QED) is 0.392. The second kappa shape index (κ2) is 11.2. The van der Waals surface area contributed by atoms with Gasteiger partial charge in [0.15, 0.2) is 10.9 Å². The molecule has 1 saturated heterocycles. The fourth-order valence-electron chi connectivity index (χ4n) is 3.75. The zero-order valence-electron chi connectivity index (χ0n) is 18.7. The maximum absolute atomic E-state index is 12.7. The average molecular weight is 622 g/mol. The number of anilines is 2. The Morgan fingerprint density at radius 2 is 1.77 bits per heavy atom. The summed E-state index contributed by atoms with van der Waals surface area (Å²) in [5.74, 6) is 0.309. The number of carbonyl (C=O) groups is 2. The van der Waals surface area contributed by atoms with Crippen molar-refractivity contribution in [3.63, 3.8) is 0 Å². The van der Waals surface area contributed by atoms with Crippen molar-refractivity contribution in [3.8, 4) is 5.75 Å². The first kappa shape index (κ1) is 25.2. The van der Waals surface area contributed by atoms with Gasteiger partial charge in [0, 0.05) is 42.0 Å². The van der Waals surface area contributed by atoms with E-state index in [1.165, 1.54) is 13.4 Å². The number of thiocarbonyl (C=S) groups is 1. The van der Waals surface area contributed by atoms with Gasteiger partial charge >= 0.3 is 0 Å². The van der Waals surface area contributed by atoms with E-state index in [0.717, 1.165) is 28.9 Å². The molecule has 1 aliphatic rings. The maximum atomic E-state index is 12.7. The molecule has 0 radical (unpaired) electrons. The van der Waals surface area contributed by atoms with E-state index in [2.05, 4.69) is 47.4 Å². The normalized spacial score (nSPS) is 13.3. The van der Waals surface area contributed by atoms with Crippen LogP contribution in [0.5, 0.6) is 5.75 Å². The van der Waals surface area contributed by atoms with Crippen LogP contribution in [0.3, 0.4) is 0 Å². The molecule has 1 aliphatic heterocycles. The van der Waals surface area contributed by atoms with Crippen LogP contribution in [0, 0.1) is 0 Å². The second-order valence-corrected chi connectivity index (χ2v) is 9.86. The Morgan fingerprint density at radius 1 is 1.06 bits per heavy atom. The molecule has 2 N–H and O–H groups in total. The van der Waals surface area contributed by atoms with Gasteiger partial charge in [0.05, 0.1) is 23.4 Å². The number of carbonyl (C=O) groups excluding carboxylic acids is 2. The summed E-state index contributed by atoms with van der Waals surface area (Å²) in [4.78, 5) is 29.2. The number of halogens is 2. The summed E-state index contributed by atoms with van der Waals surface area (Å²) in [6.45, 7) is 2.67. The molecule has 2 aromatic carbocycles. The van der Waals surface area contributed by atoms with E-state index in [9.17, 15) is 9.59 Å². The number of amides is 2. The number of nitrogens with zero attached hydrogens (tertiary/aromatic N) is 2. The van der Waals surface area contributed by atoms with Crippen LogP contribution >= 0.6 is 44.1 Å². The second-order valence-electron chi connectivity index (χ2n) is 7.68. The minimum absolute atomic E-state index is 0.0856. The van der Waals surface area contributed by atoms with Gasteiger partial charge in [-0.2, -0.15) is 0 Å². The fraction of sp³-hybridized carbons (Fsp3) is 0.208. The summed E-state index contributed by atoms with van der Waals surface area (Å²) in [7, 11) is 1.50. The van der Waals surface area contributed by atoms with Crippen molar-refractivity contribution in [2.24, 2.45) is 0 Å². The molecular weight excluding hydrogens is 600 g/mol. The summed E-state index contributed by atoms with van der Waals surface area (Å²) in [5, 5.41) is 5.89. The van der Waals surface area contributed by atoms with Crippen LogP contribution < -0.4 is 20.3 Å². The molecule has 3 aromatic rings. The average Bonchev–Trinajstić information content (AvgIpc) is 3.39. The van der Waals surface area contributed by atoms with Gasteiger partial charge in [-0.25, -0.2) is 0 Å². The van der Waals surface area contributed by atoms with E-state index in [1.807, 2.05) is 24.3 Å². The van der Waals surface area contributed by atoms with E-state index in [4.69, 9.17) is 21.4 Å². The van der Waals surface area contributed by atoms with Crippen LogP contribution in [-0.2, 0) is 0 Å². The highest BCUT2D eigenvalue weighted by Gasteiger charge is 2.24. The molecule has 8 nitrogen and oxygen atoms in total. The lowest BCUT2D eigenvalue weighted by Gasteiger charge is -2.35. The maximum Gasteiger partial charge on any atom is 0.289 e. The molecule has 2 heterocycles. The molecule has 0 atom stereocenters. The van der Waals surface area contributed by atoms with Gasteiger partial charge < -0.3 is 24.3 Å². The molecule has 1 aromatic heterocycles. The highest BCUT2D eigenvalue weighted by atomic mass is 79.9. The minimum atomic E-state index is -0.389. The third kappa shape index (κ3) is 6.03. The van der Waals surface area contributed by atoms with Gasteiger partial charge in [0.2, 0.25) is 0 Å². The lowest BCUT2D eigenvalue weighted by Crippen LogP contribution is -2.48. The zero-order chi connectivity index (χ0) is 24.9. The van der Waals surface area contributed by atoms with Crippen LogP contribution in [0.2, 0.25) is 0 Å². The standard InChI is InChI=1S/C24H22Br2N4O4S/c1-33-21-18(13-15(25)14-19(21)26)22(31)28-24(35)27-16-4-6-17(7-5-16)29-8-10-30(11-9-29)23(32)20-3-2-12-34-20/h2-7,12-14H,8-11H2,1H3,(H2,27,28,31,35). The van der Waals surface area contributed by atoms with Gasteiger partial charge in [0.1, 0.15) is 5.75 Å². The van der Waals surface area contributed by atoms with Crippen molar-refractivity contribution >= 4 is 72.4 Å². The van der Waals surface area contributed by atoms with E-state index in [1.54, 1.807) is 29.2 Å². The number of piperazine rings is 1. The SMILES string of the molecule is COc1c(Br)cc(Br)cc1C(=O)NC(=S)Nc1ccc(N2CCN(C(=O)c3ccco3)CC2)cc1. The first-order valence-electron chi connectivity index (χ1n) is 10.7. The molecular formula is C24H22Br2N4O4S. The molecule has 0 aliphatic carbocycles. The van der Waals surface area contributed by atoms with Gasteiger partial charge in [-0.05, 0) is 76.7 Å². The van der Waals surface area contributed by atoms with E-state index in [-0.39, 0.29) is 16.9 Å². The van der Waals surface area contributed by atoms with Crippen LogP contribution in [0.15, 0.2) is 68.2 Å². The number of hydrogen-bond donors (Lipinski definition) is 2. The minimum Gasteiger partial charge on any atom is -0.495 e. The molecule has 0 unspecified atom stereocenters. The topological polar surface area (TPSA) is 87.0 Å². The first-order valence-corrected chi connectivity index (χ1v) is 12.7. The van der Waals surface area contributed by atoms with Gasteiger partial charge in [0.25, 0.3) is 11.8 Å². The first-order chi connectivity index (χ1) is 16.9. The Bertz CT molecular complexity index is 1230. The number of ether oxygens (including phenoxy) is 1. The Hall–Kier alpha value is -2.89. The summed E-state index contributed by atoms with van der Waals surface area (Å²) < 4.78 is 11.9. The zero-order valence-corrected chi connectivity index (χ0v) is 22.7. The van der Waals surface area contributed by atoms with Crippen molar-refractivity contribution in [2.45, 2.75) is 0 Å². The van der Waals surface area contributed by atoms with E-state index < -0.39 is 0 Å². The molecule has 11 heteroatoms. The van der Waals surface area contributed by atoms with E-state index >= 15 is 0 Å². The Morgan fingerprint density at radius 3 is 2.40 bits per heavy atom. The van der Waals surface area contributed by atoms with Gasteiger partial charge in [-0.3, -0.25) is 14.9 Å². The number of methoxy groups -OCH3 is 1. The van der Waals surface area contributed by atoms with Crippen molar-refractivity contribution in [2.75, 3.05) is 43.5 Å². The predicted octanol–water partition coefficient (Wildman–Crippen LogP) is 4.90. The molecule has 1 fully saturated rings. The van der Waals surface area contributed by atoms with Crippen molar-refractivity contribution < 1.29 is 18.7 Å². The largest absolute Gasteiger partial charge is 0.495 e. The number of nitrogens with one attached hydrogen (secondary N) is 2. The molecule has 35 heavy (non-hydrogen) atoms. The molecule has 0 spiro atoms. The van der Waals surface area contributed by atoms with Crippen LogP contribution in [0.25, 0.3) is 0 Å². The van der Waals surface area contributed by atoms with Gasteiger partial charge in [-0.1, -0.05) is 15.9 Å². The summed E-state index contributed by atoms with van der Waals surface area (Å²) in [6.07, 6.45) is 1.51. The van der Waals surface area contributed by atoms with Crippen molar-refractivity contribution in [1.82, 2.24) is 10.2 Å². The fourth-order valence-corrected chi connectivity index (χ4v) is 5.35. The van der Waals surface area contributed by atoms with Crippen LogP contribution in [-0.4, -0.2) is 55.1 Å². The Labute approximate surface area is 224 Å². The molecule has 182 valence electrons. The molecule has 2 amide bonds. The number of rotatable bonds is 5. The third-order valence-electron chi connectivity index (χ3n) is 5.47. The molecule has 4 rings (SSSR count). The number of hydrogen-bond acceptors (Lipinski definition) is 6. The van der Waals surface area contributed by atoms with Gasteiger partial charge in [-0.15, -0.1) is 0 Å². The number of benzene rings is 2. The van der Waals surface area contributed by atoms with Crippen molar-refractivity contribution in [1.29, 1.82) is 0 Å². The predicted molar refractivity (Wildman–Crippen MR) is 145 cm³/mol. The van der Waals surface area contributed by atoms with Crippen LogP contribution in [0.1, 0.15) is 20.9 Å². The lowest BCUT2D eigenvalue weighted by molar-refractivity contribution is 0.0714. The van der Waals surface area contributed by atoms with Crippen molar-refractivity contribution in [3.05, 3.63) is 75.1 Å². The third-order valence-corrected chi connectivity index (χ3v) is 6.72. The monoisotopic (exact) mass is 620 g/mol. The number of furan rings is 1. The Kier molecular flexibility index (Phi) is 8.09. The summed E-state index contributed by atoms with van der Waals surface area (Å²) >= 11 is 12.1. The molecule has 0 bridgehead atoms. The van der Waals surface area contributed by atoms with Crippen LogP contribution in [0.4, 0.5) is 11.4 Å².